The first-order chi connectivity index (χ1) is 10.9. The van der Waals surface area contributed by atoms with Crippen LogP contribution in [0.1, 0.15) is 12.5 Å². The maximum Gasteiger partial charge on any atom is 0.266 e. The van der Waals surface area contributed by atoms with E-state index in [-0.39, 0.29) is 17.7 Å². The molecule has 0 aromatic heterocycles. The zero-order valence-corrected chi connectivity index (χ0v) is 16.0. The van der Waals surface area contributed by atoms with E-state index in [9.17, 15) is 9.90 Å². The molecule has 5 nitrogen and oxygen atoms in total. The summed E-state index contributed by atoms with van der Waals surface area (Å²) in [5, 5.41) is 9.90. The molecule has 23 heavy (non-hydrogen) atoms. The van der Waals surface area contributed by atoms with E-state index < -0.39 is 0 Å². The summed E-state index contributed by atoms with van der Waals surface area (Å²) in [6.07, 6.45) is 1.70. The van der Waals surface area contributed by atoms with Crippen LogP contribution in [0.5, 0.6) is 11.5 Å². The van der Waals surface area contributed by atoms with Gasteiger partial charge in [0.2, 0.25) is 0 Å². The Balaban J connectivity index is 2.33. The van der Waals surface area contributed by atoms with Crippen LogP contribution in [-0.4, -0.2) is 47.1 Å². The van der Waals surface area contributed by atoms with Gasteiger partial charge in [0.15, 0.2) is 11.5 Å². The molecule has 1 unspecified atom stereocenters. The van der Waals surface area contributed by atoms with Crippen LogP contribution in [0.15, 0.2) is 21.5 Å². The van der Waals surface area contributed by atoms with E-state index >= 15 is 0 Å². The smallest absolute Gasteiger partial charge is 0.266 e. The van der Waals surface area contributed by atoms with E-state index in [4.69, 9.17) is 21.7 Å². The van der Waals surface area contributed by atoms with Gasteiger partial charge in [-0.2, -0.15) is 0 Å². The predicted molar refractivity (Wildman–Crippen MR) is 98.7 cm³/mol. The monoisotopic (exact) mass is 417 g/mol. The van der Waals surface area contributed by atoms with Gasteiger partial charge < -0.3 is 14.6 Å². The van der Waals surface area contributed by atoms with Crippen molar-refractivity contribution in [3.8, 4) is 11.5 Å². The van der Waals surface area contributed by atoms with Crippen LogP contribution < -0.4 is 4.74 Å². The lowest BCUT2D eigenvalue weighted by molar-refractivity contribution is -0.124. The molecule has 1 aliphatic rings. The van der Waals surface area contributed by atoms with Crippen LogP contribution in [-0.2, 0) is 9.53 Å². The summed E-state index contributed by atoms with van der Waals surface area (Å²) in [7, 11) is 3.06. The third kappa shape index (κ3) is 3.88. The van der Waals surface area contributed by atoms with Gasteiger partial charge in [0.05, 0.1) is 24.7 Å². The number of carbonyl (C=O) groups is 1. The summed E-state index contributed by atoms with van der Waals surface area (Å²) < 4.78 is 11.3. The standard InChI is InChI=1S/C15H16BrNO4S2/c1-8(7-20-2)17-14(19)13(23-15(17)22)5-9-4-11(18)12(21-3)6-10(9)16/h4-6,8,18H,7H2,1-3H3. The number of aromatic hydroxyl groups is 1. The minimum absolute atomic E-state index is 0.00480. The molecule has 124 valence electrons. The first-order valence-electron chi connectivity index (χ1n) is 6.71. The Morgan fingerprint density at radius 2 is 2.17 bits per heavy atom. The average Bonchev–Trinajstić information content (AvgIpc) is 2.77. The first kappa shape index (κ1) is 18.3. The lowest BCUT2D eigenvalue weighted by atomic mass is 10.2. The third-order valence-corrected chi connectivity index (χ3v) is 5.27. The number of carbonyl (C=O) groups excluding carboxylic acids is 1. The number of benzene rings is 1. The van der Waals surface area contributed by atoms with Crippen LogP contribution in [0.2, 0.25) is 0 Å². The molecular weight excluding hydrogens is 402 g/mol. The van der Waals surface area contributed by atoms with E-state index in [0.717, 1.165) is 0 Å². The quantitative estimate of drug-likeness (QED) is 0.585. The molecule has 2 rings (SSSR count). The van der Waals surface area contributed by atoms with Crippen molar-refractivity contribution in [1.82, 2.24) is 4.90 Å². The van der Waals surface area contributed by atoms with Crippen LogP contribution >= 0.6 is 39.9 Å². The number of amides is 1. The number of phenols is 1. The van der Waals surface area contributed by atoms with Gasteiger partial charge in [0, 0.05) is 11.6 Å². The fraction of sp³-hybridized carbons (Fsp3) is 0.333. The summed E-state index contributed by atoms with van der Waals surface area (Å²) in [5.41, 5.74) is 0.670. The minimum Gasteiger partial charge on any atom is -0.504 e. The molecule has 0 radical (unpaired) electrons. The highest BCUT2D eigenvalue weighted by molar-refractivity contribution is 9.10. The van der Waals surface area contributed by atoms with Crippen molar-refractivity contribution in [3.63, 3.8) is 0 Å². The normalized spacial score (nSPS) is 17.9. The van der Waals surface area contributed by atoms with E-state index in [1.165, 1.54) is 24.9 Å². The number of ether oxygens (including phenoxy) is 2. The molecule has 1 fully saturated rings. The van der Waals surface area contributed by atoms with Crippen molar-refractivity contribution in [1.29, 1.82) is 0 Å². The van der Waals surface area contributed by atoms with Gasteiger partial charge in [0.25, 0.3) is 5.91 Å². The summed E-state index contributed by atoms with van der Waals surface area (Å²) >= 11 is 9.94. The van der Waals surface area contributed by atoms with Crippen LogP contribution in [0.3, 0.4) is 0 Å². The van der Waals surface area contributed by atoms with E-state index in [1.54, 1.807) is 24.2 Å². The number of nitrogens with zero attached hydrogens (tertiary/aromatic N) is 1. The molecule has 1 aliphatic heterocycles. The summed E-state index contributed by atoms with van der Waals surface area (Å²) in [6, 6.07) is 3.05. The summed E-state index contributed by atoms with van der Waals surface area (Å²) in [6.45, 7) is 2.29. The molecule has 1 aromatic carbocycles. The minimum atomic E-state index is -0.160. The Kier molecular flexibility index (Phi) is 6.07. The second kappa shape index (κ2) is 7.65. The first-order valence-corrected chi connectivity index (χ1v) is 8.73. The van der Waals surface area contributed by atoms with Crippen molar-refractivity contribution in [2.24, 2.45) is 0 Å². The number of methoxy groups -OCH3 is 2. The molecule has 0 aliphatic carbocycles. The molecule has 8 heteroatoms. The van der Waals surface area contributed by atoms with Crippen molar-refractivity contribution in [2.45, 2.75) is 13.0 Å². The fourth-order valence-corrected chi connectivity index (χ4v) is 4.04. The highest BCUT2D eigenvalue weighted by Crippen LogP contribution is 2.38. The third-order valence-electron chi connectivity index (χ3n) is 3.26. The van der Waals surface area contributed by atoms with Gasteiger partial charge in [0.1, 0.15) is 4.32 Å². The van der Waals surface area contributed by atoms with Crippen molar-refractivity contribution < 1.29 is 19.4 Å². The second-order valence-electron chi connectivity index (χ2n) is 4.90. The van der Waals surface area contributed by atoms with Crippen LogP contribution in [0.4, 0.5) is 0 Å². The van der Waals surface area contributed by atoms with Gasteiger partial charge in [-0.3, -0.25) is 9.69 Å². The van der Waals surface area contributed by atoms with Crippen molar-refractivity contribution >= 4 is 56.2 Å². The molecule has 0 spiro atoms. The fourth-order valence-electron chi connectivity index (χ4n) is 2.15. The molecule has 1 amide bonds. The SMILES string of the molecule is COCC(C)N1C(=O)C(=Cc2cc(O)c(OC)cc2Br)SC1=S. The number of hydrogen-bond acceptors (Lipinski definition) is 6. The largest absolute Gasteiger partial charge is 0.504 e. The molecule has 1 N–H and O–H groups in total. The molecule has 1 atom stereocenters. The van der Waals surface area contributed by atoms with Crippen molar-refractivity contribution in [3.05, 3.63) is 27.1 Å². The van der Waals surface area contributed by atoms with Crippen molar-refractivity contribution in [2.75, 3.05) is 20.8 Å². The van der Waals surface area contributed by atoms with Gasteiger partial charge in [-0.05, 0) is 30.7 Å². The molecule has 1 heterocycles. The number of halogens is 1. The Hall–Kier alpha value is -1.09. The topological polar surface area (TPSA) is 59.0 Å². The maximum absolute atomic E-state index is 12.5. The number of thioether (sulfide) groups is 1. The highest BCUT2D eigenvalue weighted by atomic mass is 79.9. The van der Waals surface area contributed by atoms with Gasteiger partial charge in [-0.1, -0.05) is 39.9 Å². The second-order valence-corrected chi connectivity index (χ2v) is 7.43. The van der Waals surface area contributed by atoms with Gasteiger partial charge in [-0.15, -0.1) is 0 Å². The van der Waals surface area contributed by atoms with Gasteiger partial charge >= 0.3 is 0 Å². The Morgan fingerprint density at radius 3 is 2.78 bits per heavy atom. The number of rotatable bonds is 5. The predicted octanol–water partition coefficient (Wildman–Crippen LogP) is 3.40. The number of phenolic OH excluding ortho intramolecular Hbond substituents is 1. The average molecular weight is 418 g/mol. The Labute approximate surface area is 152 Å². The number of hydrogen-bond donors (Lipinski definition) is 1. The molecule has 1 saturated heterocycles. The van der Waals surface area contributed by atoms with Crippen LogP contribution in [0, 0.1) is 0 Å². The highest BCUT2D eigenvalue weighted by Gasteiger charge is 2.35. The van der Waals surface area contributed by atoms with E-state index in [2.05, 4.69) is 15.9 Å². The lowest BCUT2D eigenvalue weighted by Gasteiger charge is -2.22. The maximum atomic E-state index is 12.5. The lowest BCUT2D eigenvalue weighted by Crippen LogP contribution is -2.39. The van der Waals surface area contributed by atoms with Crippen LogP contribution in [0.25, 0.3) is 6.08 Å². The molecular formula is C15H16BrNO4S2. The zero-order chi connectivity index (χ0) is 17.1. The summed E-state index contributed by atoms with van der Waals surface area (Å²) in [5.74, 6) is 0.201. The Bertz CT molecular complexity index is 678. The molecule has 0 bridgehead atoms. The van der Waals surface area contributed by atoms with E-state index in [1.807, 2.05) is 6.92 Å². The Morgan fingerprint density at radius 1 is 1.48 bits per heavy atom. The molecule has 1 aromatic rings. The zero-order valence-electron chi connectivity index (χ0n) is 12.8. The number of thiocarbonyl (C=S) groups is 1. The molecule has 0 saturated carbocycles. The van der Waals surface area contributed by atoms with E-state index in [0.29, 0.717) is 31.6 Å². The van der Waals surface area contributed by atoms with Gasteiger partial charge in [-0.25, -0.2) is 0 Å². The summed E-state index contributed by atoms with van der Waals surface area (Å²) in [4.78, 5) is 14.6.